The number of fused-ring (bicyclic) bond motifs is 2. The summed E-state index contributed by atoms with van der Waals surface area (Å²) in [5.74, 6) is 0.0517. The van der Waals surface area contributed by atoms with Gasteiger partial charge in [-0.25, -0.2) is 0 Å². The number of amides is 1. The first-order valence-electron chi connectivity index (χ1n) is 8.56. The number of carbonyl (C=O) groups excluding carboxylic acids is 1. The molecule has 5 nitrogen and oxygen atoms in total. The van der Waals surface area contributed by atoms with Crippen molar-refractivity contribution in [3.63, 3.8) is 0 Å². The molecule has 2 aliphatic heterocycles. The van der Waals surface area contributed by atoms with E-state index >= 15 is 0 Å². The van der Waals surface area contributed by atoms with Crippen LogP contribution in [0.15, 0.2) is 45.8 Å². The summed E-state index contributed by atoms with van der Waals surface area (Å²) in [7, 11) is 0. The minimum Gasteiger partial charge on any atom is -0.483 e. The number of aromatic nitrogens is 1. The van der Waals surface area contributed by atoms with Gasteiger partial charge in [0.2, 0.25) is 5.43 Å². The van der Waals surface area contributed by atoms with Gasteiger partial charge in [-0.05, 0) is 40.8 Å². The SMILES string of the molecule is O=C1c2c(OCc3ccccc3)c(=O)c(Br)cn2C[C@H]2CCCCN12. The first kappa shape index (κ1) is 16.4. The number of carbonyl (C=O) groups is 1. The molecule has 1 saturated heterocycles. The fourth-order valence-electron chi connectivity index (χ4n) is 3.65. The van der Waals surface area contributed by atoms with Crippen LogP contribution in [0, 0.1) is 0 Å². The predicted molar refractivity (Wildman–Crippen MR) is 97.9 cm³/mol. The topological polar surface area (TPSA) is 51.5 Å². The fraction of sp³-hybridized carbons (Fsp3) is 0.368. The van der Waals surface area contributed by atoms with E-state index < -0.39 is 0 Å². The minimum atomic E-state index is -0.272. The number of piperidine rings is 1. The lowest BCUT2D eigenvalue weighted by Crippen LogP contribution is -2.51. The van der Waals surface area contributed by atoms with Gasteiger partial charge in [0, 0.05) is 25.3 Å². The normalized spacial score (nSPS) is 19.3. The minimum absolute atomic E-state index is 0.0939. The number of hydrogen-bond donors (Lipinski definition) is 0. The number of halogens is 1. The largest absolute Gasteiger partial charge is 0.483 e. The van der Waals surface area contributed by atoms with E-state index in [9.17, 15) is 9.59 Å². The van der Waals surface area contributed by atoms with Gasteiger partial charge in [0.1, 0.15) is 6.61 Å². The predicted octanol–water partition coefficient (Wildman–Crippen LogP) is 3.20. The molecule has 1 aromatic carbocycles. The molecule has 0 aliphatic carbocycles. The average Bonchev–Trinajstić information content (AvgIpc) is 2.63. The van der Waals surface area contributed by atoms with Crippen LogP contribution in [0.4, 0.5) is 0 Å². The van der Waals surface area contributed by atoms with Crippen LogP contribution >= 0.6 is 15.9 Å². The Hall–Kier alpha value is -2.08. The molecule has 0 N–H and O–H groups in total. The van der Waals surface area contributed by atoms with Crippen molar-refractivity contribution < 1.29 is 9.53 Å². The third-order valence-corrected chi connectivity index (χ3v) is 5.48. The molecular weight excluding hydrogens is 384 g/mol. The number of ether oxygens (including phenoxy) is 1. The lowest BCUT2D eigenvalue weighted by atomic mass is 9.98. The van der Waals surface area contributed by atoms with Gasteiger partial charge in [-0.15, -0.1) is 0 Å². The Morgan fingerprint density at radius 3 is 2.76 bits per heavy atom. The lowest BCUT2D eigenvalue weighted by Gasteiger charge is -2.41. The molecular formula is C19H19BrN2O3. The van der Waals surface area contributed by atoms with Crippen molar-refractivity contribution in [1.82, 2.24) is 9.47 Å². The summed E-state index contributed by atoms with van der Waals surface area (Å²) in [6.45, 7) is 1.73. The van der Waals surface area contributed by atoms with Gasteiger partial charge in [-0.2, -0.15) is 0 Å². The highest BCUT2D eigenvalue weighted by atomic mass is 79.9. The van der Waals surface area contributed by atoms with Gasteiger partial charge in [0.25, 0.3) is 5.91 Å². The summed E-state index contributed by atoms with van der Waals surface area (Å²) >= 11 is 3.32. The Labute approximate surface area is 154 Å². The van der Waals surface area contributed by atoms with Gasteiger partial charge < -0.3 is 14.2 Å². The summed E-state index contributed by atoms with van der Waals surface area (Å²) in [6, 6.07) is 9.86. The van der Waals surface area contributed by atoms with Crippen molar-refractivity contribution in [2.45, 2.75) is 38.5 Å². The Bertz CT molecular complexity index is 863. The van der Waals surface area contributed by atoms with Crippen LogP contribution in [0.2, 0.25) is 0 Å². The van der Waals surface area contributed by atoms with E-state index in [1.165, 1.54) is 0 Å². The number of rotatable bonds is 3. The monoisotopic (exact) mass is 402 g/mol. The average molecular weight is 403 g/mol. The maximum Gasteiger partial charge on any atom is 0.274 e. The van der Waals surface area contributed by atoms with Crippen LogP contribution < -0.4 is 10.2 Å². The molecule has 1 atom stereocenters. The summed E-state index contributed by atoms with van der Waals surface area (Å²) in [4.78, 5) is 27.5. The molecule has 1 fully saturated rings. The van der Waals surface area contributed by atoms with Gasteiger partial charge >= 0.3 is 0 Å². The number of hydrogen-bond acceptors (Lipinski definition) is 3. The van der Waals surface area contributed by atoms with E-state index in [-0.39, 0.29) is 29.7 Å². The van der Waals surface area contributed by atoms with Gasteiger partial charge in [0.05, 0.1) is 4.47 Å². The quantitative estimate of drug-likeness (QED) is 0.791. The second-order valence-corrected chi connectivity index (χ2v) is 7.41. The highest BCUT2D eigenvalue weighted by Gasteiger charge is 2.37. The van der Waals surface area contributed by atoms with E-state index in [1.54, 1.807) is 6.20 Å². The van der Waals surface area contributed by atoms with Crippen LogP contribution in [0.1, 0.15) is 35.3 Å². The van der Waals surface area contributed by atoms with Gasteiger partial charge in [-0.1, -0.05) is 30.3 Å². The molecule has 3 heterocycles. The number of benzene rings is 1. The number of nitrogens with zero attached hydrogens (tertiary/aromatic N) is 2. The first-order chi connectivity index (χ1) is 12.1. The van der Waals surface area contributed by atoms with E-state index in [0.29, 0.717) is 16.7 Å². The molecule has 2 aromatic rings. The fourth-order valence-corrected chi connectivity index (χ4v) is 4.08. The summed E-state index contributed by atoms with van der Waals surface area (Å²) in [5, 5.41) is 0. The van der Waals surface area contributed by atoms with E-state index in [1.807, 2.05) is 39.8 Å². The zero-order valence-corrected chi connectivity index (χ0v) is 15.4. The second-order valence-electron chi connectivity index (χ2n) is 6.56. The molecule has 0 bridgehead atoms. The molecule has 0 radical (unpaired) electrons. The molecule has 2 aliphatic rings. The molecule has 1 amide bonds. The molecule has 25 heavy (non-hydrogen) atoms. The van der Waals surface area contributed by atoms with Crippen molar-refractivity contribution >= 4 is 21.8 Å². The Morgan fingerprint density at radius 2 is 1.96 bits per heavy atom. The van der Waals surface area contributed by atoms with Crippen LogP contribution in [0.25, 0.3) is 0 Å². The Kier molecular flexibility index (Phi) is 4.37. The zero-order chi connectivity index (χ0) is 17.4. The van der Waals surface area contributed by atoms with Crippen molar-refractivity contribution in [2.75, 3.05) is 6.54 Å². The third-order valence-electron chi connectivity index (χ3n) is 4.92. The first-order valence-corrected chi connectivity index (χ1v) is 9.35. The Morgan fingerprint density at radius 1 is 1.16 bits per heavy atom. The highest BCUT2D eigenvalue weighted by Crippen LogP contribution is 2.30. The smallest absolute Gasteiger partial charge is 0.274 e. The van der Waals surface area contributed by atoms with Crippen molar-refractivity contribution in [2.24, 2.45) is 0 Å². The second kappa shape index (κ2) is 6.67. The maximum absolute atomic E-state index is 13.0. The van der Waals surface area contributed by atoms with Gasteiger partial charge in [-0.3, -0.25) is 9.59 Å². The summed E-state index contributed by atoms with van der Waals surface area (Å²) in [5.41, 5.74) is 1.06. The van der Waals surface area contributed by atoms with Crippen molar-refractivity contribution in [3.05, 3.63) is 62.5 Å². The van der Waals surface area contributed by atoms with E-state index in [0.717, 1.165) is 31.4 Å². The maximum atomic E-state index is 13.0. The van der Waals surface area contributed by atoms with E-state index in [4.69, 9.17) is 4.74 Å². The molecule has 6 heteroatoms. The summed E-state index contributed by atoms with van der Waals surface area (Å²) < 4.78 is 8.14. The van der Waals surface area contributed by atoms with Crippen LogP contribution in [-0.4, -0.2) is 28.0 Å². The van der Waals surface area contributed by atoms with Crippen molar-refractivity contribution in [3.8, 4) is 5.75 Å². The summed E-state index contributed by atoms with van der Waals surface area (Å²) in [6.07, 6.45) is 4.89. The van der Waals surface area contributed by atoms with Crippen LogP contribution in [-0.2, 0) is 13.2 Å². The molecule has 0 spiro atoms. The molecule has 130 valence electrons. The number of pyridine rings is 1. The lowest BCUT2D eigenvalue weighted by molar-refractivity contribution is 0.0502. The Balaban J connectivity index is 1.73. The van der Waals surface area contributed by atoms with E-state index in [2.05, 4.69) is 15.9 Å². The van der Waals surface area contributed by atoms with Gasteiger partial charge in [0.15, 0.2) is 11.4 Å². The van der Waals surface area contributed by atoms with Crippen molar-refractivity contribution in [1.29, 1.82) is 0 Å². The molecule has 1 aromatic heterocycles. The highest BCUT2D eigenvalue weighted by molar-refractivity contribution is 9.10. The molecule has 0 saturated carbocycles. The standard InChI is InChI=1S/C19H19BrN2O3/c20-15-11-21-10-14-8-4-5-9-22(14)19(24)16(21)18(17(15)23)25-12-13-6-2-1-3-7-13/h1-3,6-7,11,14H,4-5,8-10,12H2/t14-/m1/s1. The van der Waals surface area contributed by atoms with Crippen LogP contribution in [0.3, 0.4) is 0 Å². The van der Waals surface area contributed by atoms with Crippen LogP contribution in [0.5, 0.6) is 5.75 Å². The molecule has 0 unspecified atom stereocenters. The third kappa shape index (κ3) is 2.99. The molecule has 4 rings (SSSR count). The zero-order valence-electron chi connectivity index (χ0n) is 13.8.